The number of nitrogens with zero attached hydrogens (tertiary/aromatic N) is 5. The summed E-state index contributed by atoms with van der Waals surface area (Å²) in [6.45, 7) is 10.0. The van der Waals surface area contributed by atoms with E-state index in [1.807, 2.05) is 26.4 Å². The van der Waals surface area contributed by atoms with Crippen LogP contribution in [0, 0.1) is 11.8 Å². The van der Waals surface area contributed by atoms with Crippen molar-refractivity contribution in [3.05, 3.63) is 18.0 Å². The lowest BCUT2D eigenvalue weighted by Gasteiger charge is -2.35. The van der Waals surface area contributed by atoms with Gasteiger partial charge in [0.05, 0.1) is 30.4 Å². The van der Waals surface area contributed by atoms with Gasteiger partial charge in [0.2, 0.25) is 11.9 Å². The Morgan fingerprint density at radius 1 is 1.20 bits per heavy atom. The molecule has 166 valence electrons. The van der Waals surface area contributed by atoms with Crippen LogP contribution in [0.4, 0.5) is 5.95 Å². The van der Waals surface area contributed by atoms with Crippen LogP contribution in [0.15, 0.2) is 12.3 Å². The SMILES string of the molecule is C[C@@H]1CN(c2nccc([C@@H]3CN(C[C@H]4CCOC4)C[C@H]3C(=O)N(C)C)n2)C[C@@H](C)O1. The second-order valence-electron chi connectivity index (χ2n) is 9.34. The van der Waals surface area contributed by atoms with E-state index in [9.17, 15) is 4.79 Å². The number of aromatic nitrogens is 2. The van der Waals surface area contributed by atoms with Gasteiger partial charge in [-0.25, -0.2) is 9.97 Å². The van der Waals surface area contributed by atoms with Gasteiger partial charge in [0.1, 0.15) is 0 Å². The first-order valence-corrected chi connectivity index (χ1v) is 11.1. The quantitative estimate of drug-likeness (QED) is 0.714. The lowest BCUT2D eigenvalue weighted by molar-refractivity contribution is -0.133. The van der Waals surface area contributed by atoms with Crippen molar-refractivity contribution in [3.8, 4) is 0 Å². The molecule has 3 aliphatic rings. The summed E-state index contributed by atoms with van der Waals surface area (Å²) in [7, 11) is 3.68. The van der Waals surface area contributed by atoms with Crippen LogP contribution in [-0.2, 0) is 14.3 Å². The molecule has 1 aromatic rings. The van der Waals surface area contributed by atoms with Crippen molar-refractivity contribution < 1.29 is 14.3 Å². The fourth-order valence-corrected chi connectivity index (χ4v) is 5.07. The fourth-order valence-electron chi connectivity index (χ4n) is 5.07. The van der Waals surface area contributed by atoms with Crippen LogP contribution in [0.2, 0.25) is 0 Å². The summed E-state index contributed by atoms with van der Waals surface area (Å²) in [6.07, 6.45) is 3.25. The third-order valence-corrected chi connectivity index (χ3v) is 6.44. The number of amides is 1. The van der Waals surface area contributed by atoms with Crippen LogP contribution in [0.5, 0.6) is 0 Å². The van der Waals surface area contributed by atoms with E-state index in [1.165, 1.54) is 0 Å². The van der Waals surface area contributed by atoms with Crippen LogP contribution >= 0.6 is 0 Å². The van der Waals surface area contributed by atoms with Crippen molar-refractivity contribution in [2.75, 3.05) is 64.9 Å². The largest absolute Gasteiger partial charge is 0.381 e. The summed E-state index contributed by atoms with van der Waals surface area (Å²) in [6, 6.07) is 1.99. The molecule has 30 heavy (non-hydrogen) atoms. The summed E-state index contributed by atoms with van der Waals surface area (Å²) in [4.78, 5) is 28.8. The van der Waals surface area contributed by atoms with Gasteiger partial charge in [0.15, 0.2) is 0 Å². The number of hydrogen-bond acceptors (Lipinski definition) is 7. The number of anilines is 1. The fraction of sp³-hybridized carbons (Fsp3) is 0.773. The Hall–Kier alpha value is -1.77. The number of carbonyl (C=O) groups excluding carboxylic acids is 1. The second kappa shape index (κ2) is 9.16. The van der Waals surface area contributed by atoms with E-state index in [1.54, 1.807) is 4.90 Å². The maximum absolute atomic E-state index is 13.0. The molecule has 0 N–H and O–H groups in total. The van der Waals surface area contributed by atoms with Crippen molar-refractivity contribution in [3.63, 3.8) is 0 Å². The highest BCUT2D eigenvalue weighted by Gasteiger charge is 2.41. The molecule has 0 spiro atoms. The zero-order chi connectivity index (χ0) is 21.3. The maximum atomic E-state index is 13.0. The highest BCUT2D eigenvalue weighted by molar-refractivity contribution is 5.80. The molecule has 1 amide bonds. The zero-order valence-corrected chi connectivity index (χ0v) is 18.7. The molecule has 0 aliphatic carbocycles. The molecule has 8 nitrogen and oxygen atoms in total. The average molecular weight is 418 g/mol. The van der Waals surface area contributed by atoms with Crippen molar-refractivity contribution in [2.24, 2.45) is 11.8 Å². The van der Waals surface area contributed by atoms with Crippen LogP contribution in [-0.4, -0.2) is 97.9 Å². The van der Waals surface area contributed by atoms with Gasteiger partial charge in [-0.05, 0) is 32.3 Å². The molecule has 0 unspecified atom stereocenters. The Kier molecular flexibility index (Phi) is 6.55. The van der Waals surface area contributed by atoms with Crippen LogP contribution in [0.3, 0.4) is 0 Å². The number of hydrogen-bond donors (Lipinski definition) is 0. The number of carbonyl (C=O) groups is 1. The van der Waals surface area contributed by atoms with Crippen molar-refractivity contribution in [1.29, 1.82) is 0 Å². The van der Waals surface area contributed by atoms with E-state index >= 15 is 0 Å². The van der Waals surface area contributed by atoms with Gasteiger partial charge < -0.3 is 24.2 Å². The Morgan fingerprint density at radius 2 is 1.97 bits per heavy atom. The van der Waals surface area contributed by atoms with E-state index in [0.717, 1.165) is 64.0 Å². The van der Waals surface area contributed by atoms with Crippen molar-refractivity contribution >= 4 is 11.9 Å². The number of morpholine rings is 1. The summed E-state index contributed by atoms with van der Waals surface area (Å²) in [5.74, 6) is 1.50. The van der Waals surface area contributed by atoms with Crippen LogP contribution in [0.1, 0.15) is 31.9 Å². The number of ether oxygens (including phenoxy) is 2. The molecule has 0 radical (unpaired) electrons. The third kappa shape index (κ3) is 4.76. The zero-order valence-electron chi connectivity index (χ0n) is 18.7. The van der Waals surface area contributed by atoms with E-state index in [2.05, 4.69) is 28.6 Å². The average Bonchev–Trinajstić information content (AvgIpc) is 3.37. The van der Waals surface area contributed by atoms with Crippen molar-refractivity contribution in [2.45, 2.75) is 38.4 Å². The molecule has 1 aromatic heterocycles. The van der Waals surface area contributed by atoms with Gasteiger partial charge in [-0.3, -0.25) is 4.79 Å². The minimum Gasteiger partial charge on any atom is -0.381 e. The molecule has 3 saturated heterocycles. The predicted molar refractivity (Wildman–Crippen MR) is 115 cm³/mol. The first-order chi connectivity index (χ1) is 14.4. The normalized spacial score (nSPS) is 32.5. The molecule has 0 aromatic carbocycles. The maximum Gasteiger partial charge on any atom is 0.227 e. The standard InChI is InChI=1S/C22H35N5O3/c1-15-9-27(10-16(2)30-15)22-23-7-5-20(24-22)18-12-26(11-17-6-8-29-14-17)13-19(18)21(28)25(3)4/h5,7,15-19H,6,8-14H2,1-4H3/t15-,16-,17-,18-,19-/m1/s1. The van der Waals surface area contributed by atoms with E-state index < -0.39 is 0 Å². The Labute approximate surface area is 179 Å². The molecule has 4 heterocycles. The molecule has 3 aliphatic heterocycles. The Balaban J connectivity index is 1.54. The predicted octanol–water partition coefficient (Wildman–Crippen LogP) is 1.23. The first-order valence-electron chi connectivity index (χ1n) is 11.1. The summed E-state index contributed by atoms with van der Waals surface area (Å²) in [5, 5.41) is 0. The lowest BCUT2D eigenvalue weighted by atomic mass is 9.91. The molecule has 8 heteroatoms. The van der Waals surface area contributed by atoms with Gasteiger partial charge >= 0.3 is 0 Å². The summed E-state index contributed by atoms with van der Waals surface area (Å²) < 4.78 is 11.4. The van der Waals surface area contributed by atoms with E-state index in [4.69, 9.17) is 14.5 Å². The summed E-state index contributed by atoms with van der Waals surface area (Å²) >= 11 is 0. The third-order valence-electron chi connectivity index (χ3n) is 6.44. The monoisotopic (exact) mass is 417 g/mol. The van der Waals surface area contributed by atoms with Crippen LogP contribution in [0.25, 0.3) is 0 Å². The van der Waals surface area contributed by atoms with Gasteiger partial charge in [0, 0.05) is 65.5 Å². The Morgan fingerprint density at radius 3 is 2.63 bits per heavy atom. The number of likely N-dealkylation sites (tertiary alicyclic amines) is 1. The van der Waals surface area contributed by atoms with E-state index in [0.29, 0.717) is 5.92 Å². The number of rotatable bonds is 5. The molecule has 0 saturated carbocycles. The minimum atomic E-state index is -0.0763. The molecular weight excluding hydrogens is 382 g/mol. The van der Waals surface area contributed by atoms with E-state index in [-0.39, 0.29) is 30.0 Å². The highest BCUT2D eigenvalue weighted by atomic mass is 16.5. The first kappa shape index (κ1) is 21.5. The van der Waals surface area contributed by atoms with Gasteiger partial charge in [-0.2, -0.15) is 0 Å². The van der Waals surface area contributed by atoms with Gasteiger partial charge in [0.25, 0.3) is 0 Å². The van der Waals surface area contributed by atoms with Gasteiger partial charge in [-0.1, -0.05) is 0 Å². The second-order valence-corrected chi connectivity index (χ2v) is 9.34. The van der Waals surface area contributed by atoms with Crippen LogP contribution < -0.4 is 4.90 Å². The Bertz CT molecular complexity index is 729. The minimum absolute atomic E-state index is 0.0763. The highest BCUT2D eigenvalue weighted by Crippen LogP contribution is 2.34. The smallest absolute Gasteiger partial charge is 0.227 e. The molecule has 3 fully saturated rings. The topological polar surface area (TPSA) is 71.0 Å². The van der Waals surface area contributed by atoms with Gasteiger partial charge in [-0.15, -0.1) is 0 Å². The molecular formula is C22H35N5O3. The summed E-state index contributed by atoms with van der Waals surface area (Å²) in [5.41, 5.74) is 0.970. The lowest BCUT2D eigenvalue weighted by Crippen LogP contribution is -2.46. The molecule has 4 rings (SSSR count). The molecule has 0 bridgehead atoms. The van der Waals surface area contributed by atoms with Crippen molar-refractivity contribution in [1.82, 2.24) is 19.8 Å². The molecule has 5 atom stereocenters.